The Labute approximate surface area is 119 Å². The molecule has 0 spiro atoms. The standard InChI is InChI=1S/C15H22N2O3/c1-4-19-13-9-8-12(10-16-13)17-14(18)15(3,20-5-2)11-6-7-11/h8-11H,4-7H2,1-3H3,(H,17,18)/t15-/m0/s1. The van der Waals surface area contributed by atoms with Crippen molar-refractivity contribution >= 4 is 11.6 Å². The van der Waals surface area contributed by atoms with Crippen LogP contribution in [-0.4, -0.2) is 29.7 Å². The van der Waals surface area contributed by atoms with E-state index in [2.05, 4.69) is 10.3 Å². The number of anilines is 1. The van der Waals surface area contributed by atoms with E-state index >= 15 is 0 Å². The minimum Gasteiger partial charge on any atom is -0.478 e. The van der Waals surface area contributed by atoms with E-state index in [-0.39, 0.29) is 5.91 Å². The van der Waals surface area contributed by atoms with E-state index in [9.17, 15) is 4.79 Å². The van der Waals surface area contributed by atoms with Crippen LogP contribution in [0.4, 0.5) is 5.69 Å². The molecule has 1 fully saturated rings. The summed E-state index contributed by atoms with van der Waals surface area (Å²) in [5, 5.41) is 2.88. The van der Waals surface area contributed by atoms with Gasteiger partial charge in [-0.2, -0.15) is 0 Å². The normalized spacial score (nSPS) is 17.4. The van der Waals surface area contributed by atoms with Gasteiger partial charge in [-0.25, -0.2) is 4.98 Å². The molecule has 0 radical (unpaired) electrons. The van der Waals surface area contributed by atoms with Crippen molar-refractivity contribution in [3.63, 3.8) is 0 Å². The highest BCUT2D eigenvalue weighted by molar-refractivity contribution is 5.97. The van der Waals surface area contributed by atoms with Crippen LogP contribution < -0.4 is 10.1 Å². The maximum atomic E-state index is 12.4. The number of carbonyl (C=O) groups is 1. The Morgan fingerprint density at radius 2 is 2.15 bits per heavy atom. The number of carbonyl (C=O) groups excluding carboxylic acids is 1. The molecule has 0 unspecified atom stereocenters. The molecule has 0 aliphatic heterocycles. The molecule has 1 aromatic rings. The number of nitrogens with zero attached hydrogens (tertiary/aromatic N) is 1. The molecule has 1 heterocycles. The summed E-state index contributed by atoms with van der Waals surface area (Å²) in [5.74, 6) is 0.770. The highest BCUT2D eigenvalue weighted by Gasteiger charge is 2.48. The molecule has 1 atom stereocenters. The van der Waals surface area contributed by atoms with E-state index in [1.807, 2.05) is 20.8 Å². The predicted octanol–water partition coefficient (Wildman–Crippen LogP) is 2.62. The van der Waals surface area contributed by atoms with Crippen molar-refractivity contribution in [2.75, 3.05) is 18.5 Å². The number of nitrogens with one attached hydrogen (secondary N) is 1. The first-order valence-corrected chi connectivity index (χ1v) is 7.14. The number of hydrogen-bond donors (Lipinski definition) is 1. The van der Waals surface area contributed by atoms with Gasteiger partial charge in [-0.15, -0.1) is 0 Å². The fraction of sp³-hybridized carbons (Fsp3) is 0.600. The van der Waals surface area contributed by atoms with Gasteiger partial charge in [-0.1, -0.05) is 0 Å². The molecular weight excluding hydrogens is 256 g/mol. The summed E-state index contributed by atoms with van der Waals surface area (Å²) in [5.41, 5.74) is -0.0853. The van der Waals surface area contributed by atoms with Crippen LogP contribution in [0.25, 0.3) is 0 Å². The molecule has 1 N–H and O–H groups in total. The summed E-state index contributed by atoms with van der Waals surface area (Å²) >= 11 is 0. The zero-order chi connectivity index (χ0) is 14.6. The van der Waals surface area contributed by atoms with Gasteiger partial charge in [0.25, 0.3) is 5.91 Å². The maximum absolute atomic E-state index is 12.4. The molecule has 1 aliphatic rings. The van der Waals surface area contributed by atoms with Gasteiger partial charge in [-0.3, -0.25) is 4.79 Å². The Hall–Kier alpha value is -1.62. The third-order valence-corrected chi connectivity index (χ3v) is 3.54. The van der Waals surface area contributed by atoms with Crippen molar-refractivity contribution < 1.29 is 14.3 Å². The highest BCUT2D eigenvalue weighted by atomic mass is 16.5. The SMILES string of the molecule is CCOc1ccc(NC(=O)[C@@](C)(OCC)C2CC2)cn1. The lowest BCUT2D eigenvalue weighted by molar-refractivity contribution is -0.141. The van der Waals surface area contributed by atoms with Crippen molar-refractivity contribution in [2.24, 2.45) is 5.92 Å². The van der Waals surface area contributed by atoms with E-state index in [4.69, 9.17) is 9.47 Å². The van der Waals surface area contributed by atoms with Crippen LogP contribution in [0.5, 0.6) is 5.88 Å². The summed E-state index contributed by atoms with van der Waals surface area (Å²) in [6.07, 6.45) is 3.69. The van der Waals surface area contributed by atoms with Crippen LogP contribution in [0.3, 0.4) is 0 Å². The molecule has 5 nitrogen and oxygen atoms in total. The molecule has 1 amide bonds. The minimum absolute atomic E-state index is 0.104. The van der Waals surface area contributed by atoms with Gasteiger partial charge in [0.05, 0.1) is 18.5 Å². The summed E-state index contributed by atoms with van der Waals surface area (Å²) < 4.78 is 11.0. The number of pyridine rings is 1. The first-order valence-electron chi connectivity index (χ1n) is 7.14. The van der Waals surface area contributed by atoms with Gasteiger partial charge in [0.2, 0.25) is 5.88 Å². The third kappa shape index (κ3) is 3.28. The quantitative estimate of drug-likeness (QED) is 0.833. The average Bonchev–Trinajstić information content (AvgIpc) is 3.26. The van der Waals surface area contributed by atoms with Crippen LogP contribution in [0.1, 0.15) is 33.6 Å². The second kappa shape index (κ2) is 6.22. The van der Waals surface area contributed by atoms with E-state index in [1.165, 1.54) is 0 Å². The zero-order valence-electron chi connectivity index (χ0n) is 12.3. The first kappa shape index (κ1) is 14.8. The largest absolute Gasteiger partial charge is 0.478 e. The molecule has 0 saturated heterocycles. The van der Waals surface area contributed by atoms with Gasteiger partial charge in [0.1, 0.15) is 5.60 Å². The molecule has 0 bridgehead atoms. The summed E-state index contributed by atoms with van der Waals surface area (Å²) in [7, 11) is 0. The van der Waals surface area contributed by atoms with Crippen LogP contribution in [-0.2, 0) is 9.53 Å². The summed E-state index contributed by atoms with van der Waals surface area (Å²) in [6.45, 7) is 6.78. The van der Waals surface area contributed by atoms with Gasteiger partial charge < -0.3 is 14.8 Å². The Bertz CT molecular complexity index is 457. The number of amides is 1. The second-order valence-corrected chi connectivity index (χ2v) is 5.09. The van der Waals surface area contributed by atoms with Crippen LogP contribution in [0.15, 0.2) is 18.3 Å². The van der Waals surface area contributed by atoms with Crippen molar-refractivity contribution in [3.8, 4) is 5.88 Å². The molecule has 20 heavy (non-hydrogen) atoms. The summed E-state index contributed by atoms with van der Waals surface area (Å²) in [6, 6.07) is 3.53. The van der Waals surface area contributed by atoms with E-state index in [0.717, 1.165) is 12.8 Å². The summed E-state index contributed by atoms with van der Waals surface area (Å²) in [4.78, 5) is 16.6. The number of ether oxygens (including phenoxy) is 2. The fourth-order valence-corrected chi connectivity index (χ4v) is 2.25. The highest BCUT2D eigenvalue weighted by Crippen LogP contribution is 2.42. The Morgan fingerprint density at radius 3 is 2.65 bits per heavy atom. The van der Waals surface area contributed by atoms with Crippen LogP contribution >= 0.6 is 0 Å². The van der Waals surface area contributed by atoms with Gasteiger partial charge in [0, 0.05) is 12.7 Å². The molecule has 5 heteroatoms. The minimum atomic E-state index is -0.743. The molecular formula is C15H22N2O3. The topological polar surface area (TPSA) is 60.5 Å². The monoisotopic (exact) mass is 278 g/mol. The number of hydrogen-bond acceptors (Lipinski definition) is 4. The smallest absolute Gasteiger partial charge is 0.256 e. The van der Waals surface area contributed by atoms with Crippen molar-refractivity contribution in [3.05, 3.63) is 18.3 Å². The van der Waals surface area contributed by atoms with Gasteiger partial charge >= 0.3 is 0 Å². The van der Waals surface area contributed by atoms with Crippen molar-refractivity contribution in [2.45, 2.75) is 39.2 Å². The molecule has 1 aliphatic carbocycles. The number of aromatic nitrogens is 1. The van der Waals surface area contributed by atoms with E-state index in [1.54, 1.807) is 18.3 Å². The molecule has 1 saturated carbocycles. The third-order valence-electron chi connectivity index (χ3n) is 3.54. The Kier molecular flexibility index (Phi) is 4.60. The lowest BCUT2D eigenvalue weighted by Crippen LogP contribution is -2.44. The van der Waals surface area contributed by atoms with Gasteiger partial charge in [-0.05, 0) is 45.6 Å². The second-order valence-electron chi connectivity index (χ2n) is 5.09. The number of rotatable bonds is 7. The Balaban J connectivity index is 2.02. The predicted molar refractivity (Wildman–Crippen MR) is 76.8 cm³/mol. The fourth-order valence-electron chi connectivity index (χ4n) is 2.25. The lowest BCUT2D eigenvalue weighted by atomic mass is 9.99. The first-order chi connectivity index (χ1) is 9.60. The average molecular weight is 278 g/mol. The molecule has 110 valence electrons. The molecule has 1 aromatic heterocycles. The van der Waals surface area contributed by atoms with Crippen LogP contribution in [0.2, 0.25) is 0 Å². The zero-order valence-corrected chi connectivity index (χ0v) is 12.3. The van der Waals surface area contributed by atoms with E-state index < -0.39 is 5.60 Å². The van der Waals surface area contributed by atoms with Gasteiger partial charge in [0.15, 0.2) is 0 Å². The Morgan fingerprint density at radius 1 is 1.40 bits per heavy atom. The van der Waals surface area contributed by atoms with E-state index in [0.29, 0.717) is 30.7 Å². The van der Waals surface area contributed by atoms with Crippen molar-refractivity contribution in [1.82, 2.24) is 4.98 Å². The maximum Gasteiger partial charge on any atom is 0.256 e. The van der Waals surface area contributed by atoms with Crippen LogP contribution in [0, 0.1) is 5.92 Å². The molecule has 0 aromatic carbocycles. The lowest BCUT2D eigenvalue weighted by Gasteiger charge is -2.28. The van der Waals surface area contributed by atoms with Crippen molar-refractivity contribution in [1.29, 1.82) is 0 Å². The molecule has 2 rings (SSSR count).